The minimum Gasteiger partial charge on any atom is -0.296 e. The Bertz CT molecular complexity index is 900. The molecule has 128 valence electrons. The first kappa shape index (κ1) is 18.5. The van der Waals surface area contributed by atoms with Gasteiger partial charge in [0, 0.05) is 16.3 Å². The smallest absolute Gasteiger partial charge is 0.257 e. The van der Waals surface area contributed by atoms with Crippen LogP contribution in [-0.2, 0) is 5.75 Å². The highest BCUT2D eigenvalue weighted by Gasteiger charge is 2.11. The number of hydrogen-bond donors (Lipinski definition) is 1. The lowest BCUT2D eigenvalue weighted by molar-refractivity contribution is 0.102. The third-order valence-corrected chi connectivity index (χ3v) is 6.11. The third kappa shape index (κ3) is 5.09. The number of rotatable bonds is 5. The fourth-order valence-corrected chi connectivity index (χ4v) is 4.00. The number of benzene rings is 2. The molecule has 0 atom stereocenters. The number of amides is 1. The van der Waals surface area contributed by atoms with E-state index in [0.29, 0.717) is 31.5 Å². The highest BCUT2D eigenvalue weighted by Crippen LogP contribution is 2.30. The van der Waals surface area contributed by atoms with E-state index in [2.05, 4.69) is 15.5 Å². The summed E-state index contributed by atoms with van der Waals surface area (Å²) in [5.41, 5.74) is 1.53. The van der Waals surface area contributed by atoms with Gasteiger partial charge in [-0.25, -0.2) is 0 Å². The van der Waals surface area contributed by atoms with Crippen molar-refractivity contribution in [3.63, 3.8) is 0 Å². The summed E-state index contributed by atoms with van der Waals surface area (Å²) in [4.78, 5) is 12.1. The molecule has 2 aromatic carbocycles. The van der Waals surface area contributed by atoms with Crippen molar-refractivity contribution in [2.75, 3.05) is 5.32 Å². The fraction of sp³-hybridized carbons (Fsp3) is 0.0625. The van der Waals surface area contributed by atoms with Gasteiger partial charge in [-0.1, -0.05) is 64.0 Å². The van der Waals surface area contributed by atoms with Gasteiger partial charge in [0.15, 0.2) is 4.34 Å². The topological polar surface area (TPSA) is 54.9 Å². The van der Waals surface area contributed by atoms with Crippen molar-refractivity contribution in [2.45, 2.75) is 10.1 Å². The van der Waals surface area contributed by atoms with Gasteiger partial charge in [-0.05, 0) is 42.0 Å². The van der Waals surface area contributed by atoms with Crippen LogP contribution in [0.1, 0.15) is 15.9 Å². The number of hydrogen-bond acceptors (Lipinski definition) is 5. The minimum atomic E-state index is -0.256. The summed E-state index contributed by atoms with van der Waals surface area (Å²) in [6.45, 7) is 0. The van der Waals surface area contributed by atoms with Crippen LogP contribution >= 0.6 is 57.9 Å². The van der Waals surface area contributed by atoms with Gasteiger partial charge in [-0.15, -0.1) is 10.2 Å². The number of anilines is 1. The van der Waals surface area contributed by atoms with Crippen LogP contribution < -0.4 is 5.32 Å². The Labute approximate surface area is 167 Å². The van der Waals surface area contributed by atoms with Crippen LogP contribution in [0.3, 0.4) is 0 Å². The van der Waals surface area contributed by atoms with E-state index in [1.54, 1.807) is 30.3 Å². The van der Waals surface area contributed by atoms with E-state index in [-0.39, 0.29) is 5.91 Å². The molecule has 3 aromatic rings. The molecule has 1 amide bonds. The molecular weight excluding hydrogens is 421 g/mol. The molecule has 0 spiro atoms. The van der Waals surface area contributed by atoms with Crippen molar-refractivity contribution < 1.29 is 4.79 Å². The molecule has 0 aliphatic carbocycles. The number of nitrogens with one attached hydrogen (secondary N) is 1. The minimum absolute atomic E-state index is 0.256. The molecular formula is C16H10Cl3N3OS2. The van der Waals surface area contributed by atoms with Crippen molar-refractivity contribution >= 4 is 68.9 Å². The SMILES string of the molecule is O=C(Nc1nnc(SCc2ccc(Cl)c(Cl)c2)s1)c1ccc(Cl)cc1. The summed E-state index contributed by atoms with van der Waals surface area (Å²) in [7, 11) is 0. The largest absolute Gasteiger partial charge is 0.296 e. The first-order valence-corrected chi connectivity index (χ1v) is 9.92. The quantitative estimate of drug-likeness (QED) is 0.396. The predicted octanol–water partition coefficient (Wildman–Crippen LogP) is 6.04. The van der Waals surface area contributed by atoms with Gasteiger partial charge < -0.3 is 0 Å². The van der Waals surface area contributed by atoms with E-state index < -0.39 is 0 Å². The van der Waals surface area contributed by atoms with Gasteiger partial charge in [0.25, 0.3) is 5.91 Å². The van der Waals surface area contributed by atoms with Gasteiger partial charge in [0.1, 0.15) is 0 Å². The molecule has 0 unspecified atom stereocenters. The number of nitrogens with zero attached hydrogens (tertiary/aromatic N) is 2. The molecule has 0 bridgehead atoms. The Hall–Kier alpha value is -1.31. The van der Waals surface area contributed by atoms with Crippen molar-refractivity contribution in [1.29, 1.82) is 0 Å². The normalized spacial score (nSPS) is 10.7. The highest BCUT2D eigenvalue weighted by atomic mass is 35.5. The van der Waals surface area contributed by atoms with E-state index in [9.17, 15) is 4.79 Å². The summed E-state index contributed by atoms with van der Waals surface area (Å²) in [5, 5.41) is 12.8. The standard InChI is InChI=1S/C16H10Cl3N3OS2/c17-11-4-2-10(3-5-11)14(23)20-15-21-22-16(25-15)24-8-9-1-6-12(18)13(19)7-9/h1-7H,8H2,(H,20,21,23). The van der Waals surface area contributed by atoms with Gasteiger partial charge in [-0.3, -0.25) is 10.1 Å². The third-order valence-electron chi connectivity index (χ3n) is 3.08. The number of aromatic nitrogens is 2. The number of halogens is 3. The highest BCUT2D eigenvalue weighted by molar-refractivity contribution is 8.00. The summed E-state index contributed by atoms with van der Waals surface area (Å²) >= 11 is 20.5. The number of thioether (sulfide) groups is 1. The molecule has 4 nitrogen and oxygen atoms in total. The molecule has 3 rings (SSSR count). The van der Waals surface area contributed by atoms with E-state index in [1.807, 2.05) is 12.1 Å². The zero-order valence-electron chi connectivity index (χ0n) is 12.5. The molecule has 0 aliphatic heterocycles. The lowest BCUT2D eigenvalue weighted by Crippen LogP contribution is -2.11. The molecule has 0 aliphatic rings. The van der Waals surface area contributed by atoms with Crippen LogP contribution in [0.4, 0.5) is 5.13 Å². The van der Waals surface area contributed by atoms with Gasteiger partial charge in [0.2, 0.25) is 5.13 Å². The molecule has 1 N–H and O–H groups in total. The van der Waals surface area contributed by atoms with Gasteiger partial charge in [-0.2, -0.15) is 0 Å². The van der Waals surface area contributed by atoms with Crippen LogP contribution in [0, 0.1) is 0 Å². The summed E-state index contributed by atoms with van der Waals surface area (Å²) in [6.07, 6.45) is 0. The molecule has 25 heavy (non-hydrogen) atoms. The van der Waals surface area contributed by atoms with Crippen molar-refractivity contribution in [1.82, 2.24) is 10.2 Å². The molecule has 1 aromatic heterocycles. The molecule has 0 radical (unpaired) electrons. The lowest BCUT2D eigenvalue weighted by Gasteiger charge is -2.01. The second kappa shape index (κ2) is 8.38. The van der Waals surface area contributed by atoms with Crippen molar-refractivity contribution in [3.8, 4) is 0 Å². The molecule has 0 saturated heterocycles. The van der Waals surface area contributed by atoms with E-state index in [1.165, 1.54) is 23.1 Å². The number of carbonyl (C=O) groups is 1. The van der Waals surface area contributed by atoms with Crippen LogP contribution in [-0.4, -0.2) is 16.1 Å². The van der Waals surface area contributed by atoms with E-state index in [0.717, 1.165) is 9.90 Å². The zero-order valence-corrected chi connectivity index (χ0v) is 16.4. The molecule has 0 saturated carbocycles. The molecule has 0 fully saturated rings. The second-order valence-electron chi connectivity index (χ2n) is 4.87. The first-order chi connectivity index (χ1) is 12.0. The Kier molecular flexibility index (Phi) is 6.19. The summed E-state index contributed by atoms with van der Waals surface area (Å²) in [5.74, 6) is 0.422. The predicted molar refractivity (Wildman–Crippen MR) is 105 cm³/mol. The van der Waals surface area contributed by atoms with Crippen molar-refractivity contribution in [3.05, 3.63) is 68.7 Å². The fourth-order valence-electron chi connectivity index (χ4n) is 1.86. The van der Waals surface area contributed by atoms with Gasteiger partial charge in [0.05, 0.1) is 10.0 Å². The van der Waals surface area contributed by atoms with Gasteiger partial charge >= 0.3 is 0 Å². The average molecular weight is 431 g/mol. The van der Waals surface area contributed by atoms with Crippen LogP contribution in [0.5, 0.6) is 0 Å². The van der Waals surface area contributed by atoms with E-state index >= 15 is 0 Å². The second-order valence-corrected chi connectivity index (χ2v) is 8.32. The average Bonchev–Trinajstić information content (AvgIpc) is 3.04. The van der Waals surface area contributed by atoms with Crippen LogP contribution in [0.15, 0.2) is 46.8 Å². The Morgan fingerprint density at radius 2 is 1.80 bits per heavy atom. The molecule has 9 heteroatoms. The Morgan fingerprint density at radius 1 is 1.04 bits per heavy atom. The maximum atomic E-state index is 12.1. The van der Waals surface area contributed by atoms with Crippen LogP contribution in [0.25, 0.3) is 0 Å². The van der Waals surface area contributed by atoms with Crippen LogP contribution in [0.2, 0.25) is 15.1 Å². The Morgan fingerprint density at radius 3 is 2.52 bits per heavy atom. The summed E-state index contributed by atoms with van der Waals surface area (Å²) in [6, 6.07) is 12.1. The monoisotopic (exact) mass is 429 g/mol. The first-order valence-electron chi connectivity index (χ1n) is 6.98. The van der Waals surface area contributed by atoms with E-state index in [4.69, 9.17) is 34.8 Å². The molecule has 1 heterocycles. The van der Waals surface area contributed by atoms with Crippen molar-refractivity contribution in [2.24, 2.45) is 0 Å². The summed E-state index contributed by atoms with van der Waals surface area (Å²) < 4.78 is 0.748. The lowest BCUT2D eigenvalue weighted by atomic mass is 10.2. The maximum absolute atomic E-state index is 12.1. The maximum Gasteiger partial charge on any atom is 0.257 e. The zero-order chi connectivity index (χ0) is 17.8. The Balaban J connectivity index is 1.59. The number of carbonyl (C=O) groups excluding carboxylic acids is 1.